The summed E-state index contributed by atoms with van der Waals surface area (Å²) in [4.78, 5) is 32.1. The third-order valence-corrected chi connectivity index (χ3v) is 6.77. The molecule has 6 rings (SSSR count). The van der Waals surface area contributed by atoms with Gasteiger partial charge in [-0.2, -0.15) is 0 Å². The first-order chi connectivity index (χ1) is 15.1. The van der Waals surface area contributed by atoms with Crippen LogP contribution in [0.2, 0.25) is 0 Å². The van der Waals surface area contributed by atoms with Gasteiger partial charge in [0.25, 0.3) is 0 Å². The number of piperidine rings is 1. The molecule has 2 fully saturated rings. The Balaban J connectivity index is 1.19. The zero-order valence-corrected chi connectivity index (χ0v) is 17.4. The third kappa shape index (κ3) is 2.97. The summed E-state index contributed by atoms with van der Waals surface area (Å²) >= 11 is 0. The van der Waals surface area contributed by atoms with Crippen LogP contribution in [-0.4, -0.2) is 49.7 Å². The van der Waals surface area contributed by atoms with Crippen LogP contribution >= 0.6 is 0 Å². The van der Waals surface area contributed by atoms with Crippen LogP contribution < -0.4 is 4.90 Å². The van der Waals surface area contributed by atoms with Crippen LogP contribution in [0.25, 0.3) is 22.1 Å². The Bertz CT molecular complexity index is 1280. The second kappa shape index (κ2) is 6.80. The minimum Gasteiger partial charge on any atom is -0.460 e. The second-order valence-corrected chi connectivity index (χ2v) is 8.72. The van der Waals surface area contributed by atoms with E-state index in [1.54, 1.807) is 0 Å². The molecule has 1 aromatic carbocycles. The van der Waals surface area contributed by atoms with Crippen molar-refractivity contribution in [1.82, 2.24) is 24.5 Å². The summed E-state index contributed by atoms with van der Waals surface area (Å²) in [6.45, 7) is 4.12. The van der Waals surface area contributed by atoms with Crippen LogP contribution in [0.15, 0.2) is 42.9 Å². The molecule has 2 aliphatic heterocycles. The van der Waals surface area contributed by atoms with Gasteiger partial charge in [0.15, 0.2) is 5.82 Å². The maximum atomic E-state index is 12.9. The van der Waals surface area contributed by atoms with Crippen molar-refractivity contribution in [3.63, 3.8) is 0 Å². The maximum absolute atomic E-state index is 12.9. The average molecular weight is 416 g/mol. The molecule has 3 aromatic heterocycles. The molecule has 0 amide bonds. The molecule has 2 aliphatic rings. The van der Waals surface area contributed by atoms with Crippen LogP contribution in [0.5, 0.6) is 0 Å². The largest absolute Gasteiger partial charge is 0.460 e. The Morgan fingerprint density at radius 1 is 1.16 bits per heavy atom. The molecule has 1 atom stereocenters. The number of hydrogen-bond donors (Lipinski definition) is 1. The Labute approximate surface area is 179 Å². The molecule has 0 saturated carbocycles. The van der Waals surface area contributed by atoms with Gasteiger partial charge in [0.05, 0.1) is 34.8 Å². The molecule has 1 unspecified atom stereocenters. The van der Waals surface area contributed by atoms with Crippen molar-refractivity contribution < 1.29 is 9.53 Å². The van der Waals surface area contributed by atoms with E-state index in [1.165, 1.54) is 0 Å². The first kappa shape index (κ1) is 18.4. The molecule has 158 valence electrons. The molecule has 4 aromatic rings. The Morgan fingerprint density at radius 2 is 2.00 bits per heavy atom. The van der Waals surface area contributed by atoms with Crippen LogP contribution in [-0.2, 0) is 16.1 Å². The minimum absolute atomic E-state index is 0.0505. The van der Waals surface area contributed by atoms with Gasteiger partial charge in [0, 0.05) is 25.7 Å². The zero-order valence-electron chi connectivity index (χ0n) is 17.4. The van der Waals surface area contributed by atoms with Crippen molar-refractivity contribution in [3.05, 3.63) is 48.7 Å². The molecule has 1 spiro atoms. The van der Waals surface area contributed by atoms with E-state index in [0.717, 1.165) is 66.1 Å². The maximum Gasteiger partial charge on any atom is 0.312 e. The number of nitrogens with one attached hydrogen (secondary N) is 1. The van der Waals surface area contributed by atoms with Gasteiger partial charge in [-0.25, -0.2) is 15.0 Å². The number of imidazole rings is 1. The lowest BCUT2D eigenvalue weighted by Gasteiger charge is -2.37. The lowest BCUT2D eigenvalue weighted by molar-refractivity contribution is -0.150. The van der Waals surface area contributed by atoms with Crippen molar-refractivity contribution >= 4 is 33.9 Å². The number of H-pyrrole nitrogens is 1. The fourth-order valence-electron chi connectivity index (χ4n) is 5.14. The second-order valence-electron chi connectivity index (χ2n) is 8.72. The number of aromatic amines is 1. The molecule has 8 heteroatoms. The van der Waals surface area contributed by atoms with E-state index < -0.39 is 5.41 Å². The van der Waals surface area contributed by atoms with Crippen LogP contribution in [0, 0.1) is 12.3 Å². The number of aryl methyl sites for hydroxylation is 1. The number of nitrogens with zero attached hydrogens (tertiary/aromatic N) is 5. The summed E-state index contributed by atoms with van der Waals surface area (Å²) < 4.78 is 7.95. The number of hydrogen-bond acceptors (Lipinski definition) is 6. The van der Waals surface area contributed by atoms with Crippen LogP contribution in [0.1, 0.15) is 25.1 Å². The van der Waals surface area contributed by atoms with Crippen LogP contribution in [0.3, 0.4) is 0 Å². The number of benzene rings is 1. The van der Waals surface area contributed by atoms with E-state index in [2.05, 4.69) is 35.5 Å². The molecular formula is C23H24N6O2. The highest BCUT2D eigenvalue weighted by Crippen LogP contribution is 2.44. The number of aromatic nitrogens is 5. The third-order valence-electron chi connectivity index (χ3n) is 6.77. The highest BCUT2D eigenvalue weighted by Gasteiger charge is 2.50. The highest BCUT2D eigenvalue weighted by molar-refractivity contribution is 5.86. The summed E-state index contributed by atoms with van der Waals surface area (Å²) in [7, 11) is 0. The van der Waals surface area contributed by atoms with Gasteiger partial charge >= 0.3 is 5.97 Å². The predicted molar refractivity (Wildman–Crippen MR) is 117 cm³/mol. The van der Waals surface area contributed by atoms with Gasteiger partial charge in [-0.1, -0.05) is 12.1 Å². The van der Waals surface area contributed by atoms with E-state index in [-0.39, 0.29) is 12.1 Å². The van der Waals surface area contributed by atoms with Crippen molar-refractivity contribution in [2.45, 2.75) is 38.8 Å². The lowest BCUT2D eigenvalue weighted by Crippen LogP contribution is -2.43. The number of ether oxygens (including phenoxy) is 1. The van der Waals surface area contributed by atoms with E-state index in [0.29, 0.717) is 6.54 Å². The first-order valence-corrected chi connectivity index (χ1v) is 10.8. The molecule has 31 heavy (non-hydrogen) atoms. The molecule has 1 N–H and O–H groups in total. The van der Waals surface area contributed by atoms with Crippen molar-refractivity contribution in [2.24, 2.45) is 5.41 Å². The van der Waals surface area contributed by atoms with Crippen molar-refractivity contribution in [2.75, 3.05) is 18.0 Å². The normalized spacial score (nSPS) is 20.7. The number of carbonyl (C=O) groups excluding carboxylic acids is 1. The fourth-order valence-corrected chi connectivity index (χ4v) is 5.14. The van der Waals surface area contributed by atoms with Gasteiger partial charge in [0.1, 0.15) is 17.4 Å². The standard InChI is InChI=1S/C23H24N6O2/c1-15-26-18-6-9-24-20(18)21(27-15)28-10-7-23(8-11-28)12-16(31-22(23)30)13-29-14-25-17-4-2-3-5-19(17)29/h2-6,9,14,16,24H,7-8,10-13H2,1H3. The molecular weight excluding hydrogens is 392 g/mol. The summed E-state index contributed by atoms with van der Waals surface area (Å²) in [5.41, 5.74) is 3.53. The Kier molecular flexibility index (Phi) is 4.03. The molecule has 8 nitrogen and oxygen atoms in total. The van der Waals surface area contributed by atoms with Crippen LogP contribution in [0.4, 0.5) is 5.82 Å². The first-order valence-electron chi connectivity index (χ1n) is 10.8. The SMILES string of the molecule is Cc1nc(N2CCC3(CC2)CC(Cn2cnc4ccccc42)OC3=O)c2[nH]ccc2n1. The molecule has 0 radical (unpaired) electrons. The molecule has 5 heterocycles. The van der Waals surface area contributed by atoms with Gasteiger partial charge in [-0.3, -0.25) is 4.79 Å². The number of rotatable bonds is 3. The smallest absolute Gasteiger partial charge is 0.312 e. The number of carbonyl (C=O) groups is 1. The monoisotopic (exact) mass is 416 g/mol. The van der Waals surface area contributed by atoms with Gasteiger partial charge in [-0.05, 0) is 38.0 Å². The number of esters is 1. The van der Waals surface area contributed by atoms with Crippen molar-refractivity contribution in [3.8, 4) is 0 Å². The lowest BCUT2D eigenvalue weighted by atomic mass is 9.76. The summed E-state index contributed by atoms with van der Waals surface area (Å²) in [5, 5.41) is 0. The zero-order chi connectivity index (χ0) is 21.0. The predicted octanol–water partition coefficient (Wildman–Crippen LogP) is 3.22. The van der Waals surface area contributed by atoms with E-state index >= 15 is 0 Å². The minimum atomic E-state index is -0.394. The molecule has 0 aliphatic carbocycles. The Morgan fingerprint density at radius 3 is 2.87 bits per heavy atom. The molecule has 2 saturated heterocycles. The van der Waals surface area contributed by atoms with Gasteiger partial charge in [0.2, 0.25) is 0 Å². The van der Waals surface area contributed by atoms with Gasteiger partial charge in [-0.15, -0.1) is 0 Å². The summed E-state index contributed by atoms with van der Waals surface area (Å²) in [6.07, 6.45) is 5.93. The Hall–Kier alpha value is -3.42. The fraction of sp³-hybridized carbons (Fsp3) is 0.391. The van der Waals surface area contributed by atoms with Gasteiger partial charge < -0.3 is 19.2 Å². The number of anilines is 1. The summed E-state index contributed by atoms with van der Waals surface area (Å²) in [6, 6.07) is 10.0. The summed E-state index contributed by atoms with van der Waals surface area (Å²) in [5.74, 6) is 1.64. The number of para-hydroxylation sites is 2. The van der Waals surface area contributed by atoms with Crippen molar-refractivity contribution in [1.29, 1.82) is 0 Å². The number of fused-ring (bicyclic) bond motifs is 2. The number of cyclic esters (lactones) is 1. The van der Waals surface area contributed by atoms with E-state index in [4.69, 9.17) is 4.74 Å². The highest BCUT2D eigenvalue weighted by atomic mass is 16.6. The topological polar surface area (TPSA) is 88.9 Å². The molecule has 0 bridgehead atoms. The average Bonchev–Trinajstić information content (AvgIpc) is 3.47. The van der Waals surface area contributed by atoms with E-state index in [1.807, 2.05) is 43.7 Å². The van der Waals surface area contributed by atoms with E-state index in [9.17, 15) is 4.79 Å². The quantitative estimate of drug-likeness (QED) is 0.516.